The maximum Gasteiger partial charge on any atom is 0.123 e. The van der Waals surface area contributed by atoms with Gasteiger partial charge in [-0.3, -0.25) is 0 Å². The summed E-state index contributed by atoms with van der Waals surface area (Å²) in [6, 6.07) is 13.1. The van der Waals surface area contributed by atoms with Crippen LogP contribution >= 0.6 is 0 Å². The van der Waals surface area contributed by atoms with Crippen LogP contribution in [0.5, 0.6) is 5.75 Å². The molecular formula is C14H15N3O. The molecule has 0 saturated carbocycles. The molecule has 0 saturated heterocycles. The number of benzene rings is 2. The molecule has 0 aliphatic heterocycles. The monoisotopic (exact) mass is 241 g/mol. The van der Waals surface area contributed by atoms with Crippen LogP contribution in [0.4, 0.5) is 17.1 Å². The molecular weight excluding hydrogens is 226 g/mol. The van der Waals surface area contributed by atoms with Crippen molar-refractivity contribution < 1.29 is 4.74 Å². The minimum Gasteiger partial charge on any atom is -0.497 e. The first kappa shape index (κ1) is 12.1. The molecule has 92 valence electrons. The van der Waals surface area contributed by atoms with Crippen molar-refractivity contribution in [2.75, 3.05) is 12.8 Å². The van der Waals surface area contributed by atoms with E-state index in [1.807, 2.05) is 43.3 Å². The van der Waals surface area contributed by atoms with E-state index in [9.17, 15) is 0 Å². The van der Waals surface area contributed by atoms with Crippen molar-refractivity contribution in [3.63, 3.8) is 0 Å². The fraction of sp³-hybridized carbons (Fsp3) is 0.143. The van der Waals surface area contributed by atoms with Crippen LogP contribution in [0.2, 0.25) is 0 Å². The number of ether oxygens (including phenoxy) is 1. The van der Waals surface area contributed by atoms with Gasteiger partial charge in [-0.1, -0.05) is 18.2 Å². The summed E-state index contributed by atoms with van der Waals surface area (Å²) in [6.45, 7) is 1.91. The van der Waals surface area contributed by atoms with E-state index in [1.54, 1.807) is 13.2 Å². The summed E-state index contributed by atoms with van der Waals surface area (Å²) in [5.41, 5.74) is 8.95. The average Bonchev–Trinajstić information content (AvgIpc) is 2.41. The van der Waals surface area contributed by atoms with Crippen molar-refractivity contribution in [1.82, 2.24) is 0 Å². The smallest absolute Gasteiger partial charge is 0.123 e. The van der Waals surface area contributed by atoms with Gasteiger partial charge in [0.15, 0.2) is 0 Å². The molecule has 0 fully saturated rings. The number of nitrogen functional groups attached to an aromatic ring is 1. The molecule has 2 aromatic rings. The van der Waals surface area contributed by atoms with Crippen molar-refractivity contribution >= 4 is 17.1 Å². The molecule has 0 spiro atoms. The van der Waals surface area contributed by atoms with E-state index in [4.69, 9.17) is 10.5 Å². The van der Waals surface area contributed by atoms with E-state index in [0.29, 0.717) is 11.4 Å². The van der Waals surface area contributed by atoms with Gasteiger partial charge in [-0.2, -0.15) is 10.2 Å². The number of anilines is 1. The molecule has 18 heavy (non-hydrogen) atoms. The van der Waals surface area contributed by atoms with Gasteiger partial charge in [-0.05, 0) is 24.6 Å². The third-order valence-electron chi connectivity index (χ3n) is 2.66. The molecule has 2 aromatic carbocycles. The largest absolute Gasteiger partial charge is 0.497 e. The Morgan fingerprint density at radius 1 is 1.06 bits per heavy atom. The summed E-state index contributed by atoms with van der Waals surface area (Å²) in [6.07, 6.45) is 0. The van der Waals surface area contributed by atoms with Gasteiger partial charge in [0, 0.05) is 17.8 Å². The lowest BCUT2D eigenvalue weighted by Gasteiger charge is -2.06. The molecule has 0 unspecified atom stereocenters. The van der Waals surface area contributed by atoms with Gasteiger partial charge in [-0.15, -0.1) is 0 Å². The lowest BCUT2D eigenvalue weighted by Crippen LogP contribution is -1.91. The highest BCUT2D eigenvalue weighted by Crippen LogP contribution is 2.31. The van der Waals surface area contributed by atoms with Crippen LogP contribution in [0.3, 0.4) is 0 Å². The standard InChI is InChI=1S/C14H15N3O/c1-10-13(15)8-12(18-2)9-14(10)17-16-11-6-4-3-5-7-11/h3-9H,15H2,1-2H3. The van der Waals surface area contributed by atoms with Crippen LogP contribution in [0.1, 0.15) is 5.56 Å². The highest BCUT2D eigenvalue weighted by atomic mass is 16.5. The van der Waals surface area contributed by atoms with Gasteiger partial charge in [-0.25, -0.2) is 0 Å². The Hall–Kier alpha value is -2.36. The zero-order chi connectivity index (χ0) is 13.0. The second kappa shape index (κ2) is 5.31. The number of methoxy groups -OCH3 is 1. The first-order valence-corrected chi connectivity index (χ1v) is 5.61. The van der Waals surface area contributed by atoms with E-state index in [-0.39, 0.29) is 0 Å². The van der Waals surface area contributed by atoms with E-state index >= 15 is 0 Å². The molecule has 0 aromatic heterocycles. The molecule has 0 aliphatic rings. The van der Waals surface area contributed by atoms with E-state index < -0.39 is 0 Å². The summed E-state index contributed by atoms with van der Waals surface area (Å²) in [5.74, 6) is 0.681. The highest BCUT2D eigenvalue weighted by molar-refractivity contribution is 5.63. The Labute approximate surface area is 106 Å². The number of hydrogen-bond acceptors (Lipinski definition) is 4. The maximum atomic E-state index is 5.88. The molecule has 4 nitrogen and oxygen atoms in total. The normalized spacial score (nSPS) is 10.8. The van der Waals surface area contributed by atoms with E-state index in [2.05, 4.69) is 10.2 Å². The van der Waals surface area contributed by atoms with Gasteiger partial charge in [0.05, 0.1) is 18.5 Å². The summed E-state index contributed by atoms with van der Waals surface area (Å²) < 4.78 is 5.16. The quantitative estimate of drug-likeness (QED) is 0.652. The second-order valence-electron chi connectivity index (χ2n) is 3.90. The van der Waals surface area contributed by atoms with Gasteiger partial charge in [0.2, 0.25) is 0 Å². The Morgan fingerprint density at radius 3 is 2.44 bits per heavy atom. The SMILES string of the molecule is COc1cc(N)c(C)c(N=Nc2ccccc2)c1. The highest BCUT2D eigenvalue weighted by Gasteiger charge is 2.04. The molecule has 0 bridgehead atoms. The minimum absolute atomic E-state index is 0.649. The lowest BCUT2D eigenvalue weighted by atomic mass is 10.1. The molecule has 2 N–H and O–H groups in total. The molecule has 0 amide bonds. The molecule has 0 heterocycles. The van der Waals surface area contributed by atoms with Crippen molar-refractivity contribution in [3.05, 3.63) is 48.0 Å². The van der Waals surface area contributed by atoms with Gasteiger partial charge < -0.3 is 10.5 Å². The predicted octanol–water partition coefficient (Wildman–Crippen LogP) is 4.00. The third kappa shape index (κ3) is 2.66. The second-order valence-corrected chi connectivity index (χ2v) is 3.90. The fourth-order valence-electron chi connectivity index (χ4n) is 1.52. The Bertz CT molecular complexity index is 565. The Kier molecular flexibility index (Phi) is 3.57. The van der Waals surface area contributed by atoms with Crippen molar-refractivity contribution in [2.45, 2.75) is 6.92 Å². The van der Waals surface area contributed by atoms with Crippen LogP contribution < -0.4 is 10.5 Å². The van der Waals surface area contributed by atoms with E-state index in [1.165, 1.54) is 0 Å². The minimum atomic E-state index is 0.649. The number of nitrogens with two attached hydrogens (primary N) is 1. The zero-order valence-corrected chi connectivity index (χ0v) is 10.4. The Morgan fingerprint density at radius 2 is 1.78 bits per heavy atom. The van der Waals surface area contributed by atoms with Crippen molar-refractivity contribution in [2.24, 2.45) is 10.2 Å². The predicted molar refractivity (Wildman–Crippen MR) is 72.8 cm³/mol. The summed E-state index contributed by atoms with van der Waals surface area (Å²) >= 11 is 0. The van der Waals surface area contributed by atoms with Crippen molar-refractivity contribution in [3.8, 4) is 5.75 Å². The van der Waals surface area contributed by atoms with E-state index in [0.717, 1.165) is 16.9 Å². The molecule has 0 atom stereocenters. The van der Waals surface area contributed by atoms with Crippen LogP contribution in [-0.4, -0.2) is 7.11 Å². The first-order chi connectivity index (χ1) is 8.70. The van der Waals surface area contributed by atoms with Crippen molar-refractivity contribution in [1.29, 1.82) is 0 Å². The van der Waals surface area contributed by atoms with Gasteiger partial charge >= 0.3 is 0 Å². The maximum absolute atomic E-state index is 5.88. The third-order valence-corrected chi connectivity index (χ3v) is 2.66. The van der Waals surface area contributed by atoms with Crippen LogP contribution in [0.15, 0.2) is 52.7 Å². The molecule has 0 aliphatic carbocycles. The lowest BCUT2D eigenvalue weighted by molar-refractivity contribution is 0.415. The number of azo groups is 1. The van der Waals surface area contributed by atoms with Gasteiger partial charge in [0.25, 0.3) is 0 Å². The zero-order valence-electron chi connectivity index (χ0n) is 10.4. The number of hydrogen-bond donors (Lipinski definition) is 1. The molecule has 4 heteroatoms. The number of nitrogens with zero attached hydrogens (tertiary/aromatic N) is 2. The van der Waals surface area contributed by atoms with Crippen LogP contribution in [0.25, 0.3) is 0 Å². The molecule has 0 radical (unpaired) electrons. The summed E-state index contributed by atoms with van der Waals surface area (Å²) in [5, 5.41) is 8.38. The number of rotatable bonds is 3. The molecule has 2 rings (SSSR count). The van der Waals surface area contributed by atoms with Crippen LogP contribution in [-0.2, 0) is 0 Å². The topological polar surface area (TPSA) is 60.0 Å². The van der Waals surface area contributed by atoms with Crippen LogP contribution in [0, 0.1) is 6.92 Å². The summed E-state index contributed by atoms with van der Waals surface area (Å²) in [4.78, 5) is 0. The van der Waals surface area contributed by atoms with Gasteiger partial charge in [0.1, 0.15) is 5.75 Å². The average molecular weight is 241 g/mol. The first-order valence-electron chi connectivity index (χ1n) is 5.61. The Balaban J connectivity index is 2.34. The fourth-order valence-corrected chi connectivity index (χ4v) is 1.52. The summed E-state index contributed by atoms with van der Waals surface area (Å²) in [7, 11) is 1.60.